The summed E-state index contributed by atoms with van der Waals surface area (Å²) < 4.78 is 1.68. The Morgan fingerprint density at radius 2 is 1.71 bits per heavy atom. The summed E-state index contributed by atoms with van der Waals surface area (Å²) in [5.41, 5.74) is 2.09. The van der Waals surface area contributed by atoms with E-state index in [9.17, 15) is 4.79 Å². The van der Waals surface area contributed by atoms with E-state index in [1.54, 1.807) is 35.4 Å². The largest absolute Gasteiger partial charge is 0.340 e. The zero-order chi connectivity index (χ0) is 19.3. The van der Waals surface area contributed by atoms with E-state index in [1.165, 1.54) is 0 Å². The number of aromatic nitrogens is 5. The maximum atomic E-state index is 12.2. The lowest BCUT2D eigenvalue weighted by Crippen LogP contribution is -2.11. The van der Waals surface area contributed by atoms with E-state index in [-0.39, 0.29) is 5.91 Å². The zero-order valence-electron chi connectivity index (χ0n) is 15.1. The smallest absolute Gasteiger partial charge is 0.255 e. The van der Waals surface area contributed by atoms with Crippen molar-refractivity contribution in [2.75, 3.05) is 10.6 Å². The van der Waals surface area contributed by atoms with Crippen LogP contribution in [0, 0.1) is 6.92 Å². The number of amides is 1. The molecule has 2 N–H and O–H groups in total. The van der Waals surface area contributed by atoms with Gasteiger partial charge < -0.3 is 10.6 Å². The Morgan fingerprint density at radius 1 is 0.964 bits per heavy atom. The molecule has 0 aliphatic carbocycles. The fourth-order valence-corrected chi connectivity index (χ4v) is 2.63. The second-order valence-corrected chi connectivity index (χ2v) is 6.00. The molecule has 0 bridgehead atoms. The lowest BCUT2D eigenvalue weighted by Gasteiger charge is -2.10. The normalized spacial score (nSPS) is 10.5. The van der Waals surface area contributed by atoms with Gasteiger partial charge >= 0.3 is 0 Å². The Bertz CT molecular complexity index is 1080. The molecule has 0 fully saturated rings. The van der Waals surface area contributed by atoms with Crippen molar-refractivity contribution in [1.29, 1.82) is 0 Å². The maximum Gasteiger partial charge on any atom is 0.255 e. The molecular formula is C20H17N7O. The van der Waals surface area contributed by atoms with E-state index in [4.69, 9.17) is 0 Å². The number of nitrogens with zero attached hydrogens (tertiary/aromatic N) is 5. The Balaban J connectivity index is 1.47. The number of carbonyl (C=O) groups excluding carboxylic acids is 1. The molecule has 0 saturated carbocycles. The highest BCUT2D eigenvalue weighted by Crippen LogP contribution is 2.19. The molecule has 28 heavy (non-hydrogen) atoms. The molecule has 1 amide bonds. The third-order valence-corrected chi connectivity index (χ3v) is 3.92. The molecule has 0 radical (unpaired) electrons. The Morgan fingerprint density at radius 3 is 2.43 bits per heavy atom. The van der Waals surface area contributed by atoms with Crippen LogP contribution in [0.4, 0.5) is 17.2 Å². The van der Waals surface area contributed by atoms with Gasteiger partial charge in [0.15, 0.2) is 5.82 Å². The van der Waals surface area contributed by atoms with E-state index in [0.717, 1.165) is 5.69 Å². The third-order valence-electron chi connectivity index (χ3n) is 3.92. The molecule has 3 aromatic heterocycles. The molecule has 4 rings (SSSR count). The van der Waals surface area contributed by atoms with Crippen molar-refractivity contribution in [3.8, 4) is 5.82 Å². The van der Waals surface area contributed by atoms with E-state index >= 15 is 0 Å². The Kier molecular flexibility index (Phi) is 4.75. The van der Waals surface area contributed by atoms with E-state index in [0.29, 0.717) is 28.7 Å². The number of hydrogen-bond acceptors (Lipinski definition) is 6. The van der Waals surface area contributed by atoms with Crippen molar-refractivity contribution in [2.24, 2.45) is 0 Å². The summed E-state index contributed by atoms with van der Waals surface area (Å²) in [7, 11) is 0. The zero-order valence-corrected chi connectivity index (χ0v) is 15.1. The van der Waals surface area contributed by atoms with Gasteiger partial charge in [-0.1, -0.05) is 0 Å². The van der Waals surface area contributed by atoms with Crippen LogP contribution in [-0.4, -0.2) is 30.6 Å². The number of benzene rings is 1. The molecule has 0 saturated heterocycles. The van der Waals surface area contributed by atoms with Gasteiger partial charge in [0.25, 0.3) is 5.91 Å². The molecule has 0 atom stereocenters. The molecule has 0 aliphatic rings. The summed E-state index contributed by atoms with van der Waals surface area (Å²) in [6.07, 6.45) is 6.70. The highest BCUT2D eigenvalue weighted by Gasteiger charge is 2.07. The van der Waals surface area contributed by atoms with Gasteiger partial charge in [-0.25, -0.2) is 14.6 Å². The molecular weight excluding hydrogens is 354 g/mol. The predicted octanol–water partition coefficient (Wildman–Crippen LogP) is 3.36. The summed E-state index contributed by atoms with van der Waals surface area (Å²) in [4.78, 5) is 24.9. The second-order valence-electron chi connectivity index (χ2n) is 6.00. The van der Waals surface area contributed by atoms with Crippen LogP contribution in [0.2, 0.25) is 0 Å². The van der Waals surface area contributed by atoms with Gasteiger partial charge in [-0.2, -0.15) is 5.10 Å². The minimum atomic E-state index is -0.182. The molecule has 0 aliphatic heterocycles. The molecule has 138 valence electrons. The van der Waals surface area contributed by atoms with Gasteiger partial charge in [0.1, 0.15) is 11.6 Å². The maximum absolute atomic E-state index is 12.2. The van der Waals surface area contributed by atoms with Gasteiger partial charge in [-0.05, 0) is 49.4 Å². The molecule has 4 aromatic rings. The van der Waals surface area contributed by atoms with Crippen molar-refractivity contribution >= 4 is 23.1 Å². The van der Waals surface area contributed by atoms with Crippen LogP contribution >= 0.6 is 0 Å². The molecule has 8 heteroatoms. The Labute approximate surface area is 161 Å². The number of rotatable bonds is 5. The van der Waals surface area contributed by atoms with E-state index < -0.39 is 0 Å². The number of aryl methyl sites for hydroxylation is 1. The number of anilines is 3. The van der Waals surface area contributed by atoms with Gasteiger partial charge in [0.2, 0.25) is 0 Å². The van der Waals surface area contributed by atoms with Crippen LogP contribution in [0.1, 0.15) is 16.2 Å². The number of pyridine rings is 1. The topological polar surface area (TPSA) is 97.6 Å². The second kappa shape index (κ2) is 7.67. The summed E-state index contributed by atoms with van der Waals surface area (Å²) >= 11 is 0. The first-order chi connectivity index (χ1) is 13.7. The fourth-order valence-electron chi connectivity index (χ4n) is 2.63. The van der Waals surface area contributed by atoms with E-state index in [1.807, 2.05) is 49.5 Å². The quantitative estimate of drug-likeness (QED) is 0.558. The predicted molar refractivity (Wildman–Crippen MR) is 106 cm³/mol. The molecule has 0 unspecified atom stereocenters. The van der Waals surface area contributed by atoms with E-state index in [2.05, 4.69) is 30.7 Å². The lowest BCUT2D eigenvalue weighted by molar-refractivity contribution is 0.102. The van der Waals surface area contributed by atoms with Crippen LogP contribution in [0.3, 0.4) is 0 Å². The molecule has 1 aromatic carbocycles. The monoisotopic (exact) mass is 371 g/mol. The van der Waals surface area contributed by atoms with Crippen LogP contribution in [0.5, 0.6) is 0 Å². The van der Waals surface area contributed by atoms with Gasteiger partial charge in [-0.3, -0.25) is 9.78 Å². The van der Waals surface area contributed by atoms with Gasteiger partial charge in [0.05, 0.1) is 0 Å². The van der Waals surface area contributed by atoms with Crippen molar-refractivity contribution in [3.63, 3.8) is 0 Å². The first-order valence-electron chi connectivity index (χ1n) is 8.61. The minimum Gasteiger partial charge on any atom is -0.340 e. The number of carbonyl (C=O) groups is 1. The average molecular weight is 371 g/mol. The molecule has 8 nitrogen and oxygen atoms in total. The van der Waals surface area contributed by atoms with Crippen LogP contribution in [-0.2, 0) is 0 Å². The highest BCUT2D eigenvalue weighted by molar-refractivity contribution is 6.04. The average Bonchev–Trinajstić information content (AvgIpc) is 3.25. The summed E-state index contributed by atoms with van der Waals surface area (Å²) in [5, 5.41) is 10.3. The van der Waals surface area contributed by atoms with Crippen molar-refractivity contribution in [2.45, 2.75) is 6.92 Å². The Hall–Kier alpha value is -4.07. The molecule has 3 heterocycles. The molecule has 0 spiro atoms. The first-order valence-corrected chi connectivity index (χ1v) is 8.61. The standard InChI is InChI=1S/C20H17N7O/c1-14-23-18(13-19(24-14)27-12-2-9-22-27)25-16-3-5-17(6-4-16)26-20(28)15-7-10-21-11-8-15/h2-13H,1H3,(H,26,28)(H,23,24,25). The van der Waals surface area contributed by atoms with Gasteiger partial charge in [0, 0.05) is 47.8 Å². The summed E-state index contributed by atoms with van der Waals surface area (Å²) in [6.45, 7) is 1.83. The van der Waals surface area contributed by atoms with Crippen LogP contribution in [0.25, 0.3) is 5.82 Å². The SMILES string of the molecule is Cc1nc(Nc2ccc(NC(=O)c3ccncc3)cc2)cc(-n2cccn2)n1. The fraction of sp³-hybridized carbons (Fsp3) is 0.0500. The third kappa shape index (κ3) is 4.01. The lowest BCUT2D eigenvalue weighted by atomic mass is 10.2. The highest BCUT2D eigenvalue weighted by atomic mass is 16.1. The summed E-state index contributed by atoms with van der Waals surface area (Å²) in [6, 6.07) is 14.4. The number of nitrogens with one attached hydrogen (secondary N) is 2. The van der Waals surface area contributed by atoms with Crippen LogP contribution < -0.4 is 10.6 Å². The van der Waals surface area contributed by atoms with Crippen molar-refractivity contribution < 1.29 is 4.79 Å². The number of hydrogen-bond donors (Lipinski definition) is 2. The summed E-state index contributed by atoms with van der Waals surface area (Å²) in [5.74, 6) is 1.79. The van der Waals surface area contributed by atoms with Crippen molar-refractivity contribution in [1.82, 2.24) is 24.7 Å². The minimum absolute atomic E-state index is 0.182. The van der Waals surface area contributed by atoms with Gasteiger partial charge in [-0.15, -0.1) is 0 Å². The van der Waals surface area contributed by atoms with Crippen molar-refractivity contribution in [3.05, 3.63) is 84.7 Å². The van der Waals surface area contributed by atoms with Crippen LogP contribution in [0.15, 0.2) is 73.3 Å². The first kappa shape index (κ1) is 17.3.